The molecule has 0 bridgehead atoms. The average Bonchev–Trinajstić information content (AvgIpc) is 3.14. The molecular weight excluding hydrogens is 406 g/mol. The van der Waals surface area contributed by atoms with Crippen molar-refractivity contribution in [3.63, 3.8) is 0 Å². The Morgan fingerprint density at radius 2 is 1.72 bits per heavy atom. The molecule has 1 aliphatic carbocycles. The number of fused-ring (bicyclic) bond motifs is 1. The van der Waals surface area contributed by atoms with Gasteiger partial charge in [0.05, 0.1) is 14.2 Å². The third-order valence-electron chi connectivity index (χ3n) is 6.70. The Hall–Kier alpha value is -2.50. The highest BCUT2D eigenvalue weighted by atomic mass is 16.5. The Labute approximate surface area is 191 Å². The van der Waals surface area contributed by atoms with E-state index in [1.807, 2.05) is 13.8 Å². The number of rotatable bonds is 8. The first-order valence-corrected chi connectivity index (χ1v) is 11.8. The molecule has 0 atom stereocenters. The predicted molar refractivity (Wildman–Crippen MR) is 124 cm³/mol. The fourth-order valence-electron chi connectivity index (χ4n) is 4.82. The van der Waals surface area contributed by atoms with E-state index in [1.54, 1.807) is 14.2 Å². The monoisotopic (exact) mass is 443 g/mol. The van der Waals surface area contributed by atoms with Crippen LogP contribution in [0.3, 0.4) is 0 Å². The van der Waals surface area contributed by atoms with Crippen molar-refractivity contribution >= 4 is 11.9 Å². The molecule has 1 N–H and O–H groups in total. The van der Waals surface area contributed by atoms with Crippen molar-refractivity contribution in [3.05, 3.63) is 33.9 Å². The van der Waals surface area contributed by atoms with Crippen molar-refractivity contribution < 1.29 is 23.8 Å². The van der Waals surface area contributed by atoms with Gasteiger partial charge in [0, 0.05) is 23.6 Å². The molecule has 1 aromatic carbocycles. The SMILES string of the molecule is COc1c(C)c2c(c(OC)c1C/C=C(\C)CCC(=O)NC1CCCCCCC1)C(=O)OC2. The van der Waals surface area contributed by atoms with Gasteiger partial charge in [-0.15, -0.1) is 0 Å². The third-order valence-corrected chi connectivity index (χ3v) is 6.70. The van der Waals surface area contributed by atoms with E-state index in [0.717, 1.165) is 40.9 Å². The van der Waals surface area contributed by atoms with E-state index < -0.39 is 0 Å². The number of hydrogen-bond donors (Lipinski definition) is 1. The van der Waals surface area contributed by atoms with E-state index in [0.29, 0.717) is 36.6 Å². The zero-order valence-electron chi connectivity index (χ0n) is 20.0. The van der Waals surface area contributed by atoms with E-state index >= 15 is 0 Å². The first kappa shape index (κ1) is 24.1. The molecule has 1 saturated carbocycles. The molecule has 1 fully saturated rings. The first-order valence-electron chi connectivity index (χ1n) is 11.8. The molecule has 0 unspecified atom stereocenters. The van der Waals surface area contributed by atoms with Gasteiger partial charge in [-0.25, -0.2) is 4.79 Å². The third kappa shape index (κ3) is 5.64. The lowest BCUT2D eigenvalue weighted by Gasteiger charge is -2.21. The van der Waals surface area contributed by atoms with E-state index in [-0.39, 0.29) is 18.5 Å². The van der Waals surface area contributed by atoms with Crippen molar-refractivity contribution in [2.75, 3.05) is 14.2 Å². The van der Waals surface area contributed by atoms with E-state index in [1.165, 1.54) is 32.1 Å². The van der Waals surface area contributed by atoms with E-state index in [9.17, 15) is 9.59 Å². The molecule has 2 aliphatic rings. The molecule has 6 heteroatoms. The Morgan fingerprint density at radius 1 is 1.06 bits per heavy atom. The van der Waals surface area contributed by atoms with Crippen molar-refractivity contribution in [2.24, 2.45) is 0 Å². The number of carbonyl (C=O) groups excluding carboxylic acids is 2. The number of esters is 1. The summed E-state index contributed by atoms with van der Waals surface area (Å²) in [5, 5.41) is 3.24. The normalized spacial score (nSPS) is 17.2. The van der Waals surface area contributed by atoms with Crippen LogP contribution in [0.4, 0.5) is 0 Å². The maximum atomic E-state index is 12.5. The fraction of sp³-hybridized carbons (Fsp3) is 0.615. The topological polar surface area (TPSA) is 73.9 Å². The van der Waals surface area contributed by atoms with Gasteiger partial charge in [-0.2, -0.15) is 0 Å². The lowest BCUT2D eigenvalue weighted by molar-refractivity contribution is -0.121. The average molecular weight is 444 g/mol. The van der Waals surface area contributed by atoms with Crippen molar-refractivity contribution in [3.8, 4) is 11.5 Å². The van der Waals surface area contributed by atoms with Gasteiger partial charge in [-0.3, -0.25) is 4.79 Å². The standard InChI is InChI=1S/C26H37NO5/c1-17(13-15-22(28)27-19-10-8-6-5-7-9-11-19)12-14-20-24(30-3)18(2)21-16-32-26(29)23(21)25(20)31-4/h12,19H,5-11,13-16H2,1-4H3,(H,27,28)/b17-12+. The summed E-state index contributed by atoms with van der Waals surface area (Å²) in [5.41, 5.74) is 4.21. The second kappa shape index (κ2) is 11.4. The van der Waals surface area contributed by atoms with Gasteiger partial charge < -0.3 is 19.5 Å². The lowest BCUT2D eigenvalue weighted by atomic mass is 9.94. The van der Waals surface area contributed by atoms with Gasteiger partial charge in [0.25, 0.3) is 0 Å². The summed E-state index contributed by atoms with van der Waals surface area (Å²) in [7, 11) is 3.20. The molecule has 0 spiro atoms. The number of methoxy groups -OCH3 is 2. The van der Waals surface area contributed by atoms with Gasteiger partial charge >= 0.3 is 5.97 Å². The zero-order chi connectivity index (χ0) is 23.1. The van der Waals surface area contributed by atoms with Gasteiger partial charge in [-0.1, -0.05) is 43.8 Å². The molecule has 0 aromatic heterocycles. The van der Waals surface area contributed by atoms with Crippen LogP contribution in [0.5, 0.6) is 11.5 Å². The van der Waals surface area contributed by atoms with Crippen LogP contribution in [0.15, 0.2) is 11.6 Å². The Morgan fingerprint density at radius 3 is 2.38 bits per heavy atom. The Balaban J connectivity index is 1.64. The highest BCUT2D eigenvalue weighted by Crippen LogP contribution is 2.42. The van der Waals surface area contributed by atoms with Crippen LogP contribution in [-0.4, -0.2) is 32.1 Å². The smallest absolute Gasteiger partial charge is 0.342 e. The summed E-state index contributed by atoms with van der Waals surface area (Å²) in [5.74, 6) is 1.03. The molecule has 1 amide bonds. The number of carbonyl (C=O) groups is 2. The highest BCUT2D eigenvalue weighted by Gasteiger charge is 2.32. The van der Waals surface area contributed by atoms with Gasteiger partial charge in [-0.05, 0) is 45.1 Å². The summed E-state index contributed by atoms with van der Waals surface area (Å²) in [6.07, 6.45) is 12.3. The summed E-state index contributed by atoms with van der Waals surface area (Å²) >= 11 is 0. The van der Waals surface area contributed by atoms with Crippen molar-refractivity contribution in [1.29, 1.82) is 0 Å². The van der Waals surface area contributed by atoms with Gasteiger partial charge in [0.1, 0.15) is 23.7 Å². The molecule has 32 heavy (non-hydrogen) atoms. The first-order chi connectivity index (χ1) is 15.5. The largest absolute Gasteiger partial charge is 0.496 e. The maximum Gasteiger partial charge on any atom is 0.342 e. The second-order valence-corrected chi connectivity index (χ2v) is 8.96. The Bertz CT molecular complexity index is 866. The minimum absolute atomic E-state index is 0.134. The number of benzene rings is 1. The van der Waals surface area contributed by atoms with E-state index in [4.69, 9.17) is 14.2 Å². The number of amides is 1. The van der Waals surface area contributed by atoms with Crippen LogP contribution >= 0.6 is 0 Å². The predicted octanol–water partition coefficient (Wildman–Crippen LogP) is 5.18. The number of ether oxygens (including phenoxy) is 3. The maximum absolute atomic E-state index is 12.5. The highest BCUT2D eigenvalue weighted by molar-refractivity contribution is 5.98. The van der Waals surface area contributed by atoms with Gasteiger partial charge in [0.15, 0.2) is 0 Å². The zero-order valence-corrected chi connectivity index (χ0v) is 20.0. The number of allylic oxidation sites excluding steroid dienone is 2. The lowest BCUT2D eigenvalue weighted by Crippen LogP contribution is -2.35. The molecule has 1 aromatic rings. The molecule has 1 aliphatic heterocycles. The Kier molecular flexibility index (Phi) is 8.60. The molecule has 1 heterocycles. The molecule has 3 rings (SSSR count). The minimum atomic E-state index is -0.351. The molecule has 176 valence electrons. The molecule has 6 nitrogen and oxygen atoms in total. The summed E-state index contributed by atoms with van der Waals surface area (Å²) in [6.45, 7) is 4.23. The van der Waals surface area contributed by atoms with Crippen LogP contribution in [0, 0.1) is 6.92 Å². The fourth-order valence-corrected chi connectivity index (χ4v) is 4.82. The molecular formula is C26H37NO5. The van der Waals surface area contributed by atoms with Gasteiger partial charge in [0.2, 0.25) is 5.91 Å². The number of hydrogen-bond acceptors (Lipinski definition) is 5. The van der Waals surface area contributed by atoms with E-state index in [2.05, 4.69) is 11.4 Å². The van der Waals surface area contributed by atoms with Crippen LogP contribution < -0.4 is 14.8 Å². The summed E-state index contributed by atoms with van der Waals surface area (Å²) < 4.78 is 16.5. The number of nitrogens with one attached hydrogen (secondary N) is 1. The van der Waals surface area contributed by atoms with Crippen LogP contribution in [-0.2, 0) is 22.6 Å². The van der Waals surface area contributed by atoms with Crippen LogP contribution in [0.25, 0.3) is 0 Å². The van der Waals surface area contributed by atoms with Crippen LogP contribution in [0.2, 0.25) is 0 Å². The summed E-state index contributed by atoms with van der Waals surface area (Å²) in [6, 6.07) is 0.328. The number of cyclic esters (lactones) is 1. The van der Waals surface area contributed by atoms with Crippen LogP contribution in [0.1, 0.15) is 91.8 Å². The second-order valence-electron chi connectivity index (χ2n) is 8.96. The molecule has 0 radical (unpaired) electrons. The van der Waals surface area contributed by atoms with Crippen molar-refractivity contribution in [1.82, 2.24) is 5.32 Å². The quantitative estimate of drug-likeness (QED) is 0.443. The summed E-state index contributed by atoms with van der Waals surface area (Å²) in [4.78, 5) is 24.7. The van der Waals surface area contributed by atoms with Crippen molar-refractivity contribution in [2.45, 2.75) is 90.7 Å². The molecule has 0 saturated heterocycles. The minimum Gasteiger partial charge on any atom is -0.496 e.